The molecule has 13 heavy (non-hydrogen) atoms. The van der Waals surface area contributed by atoms with Gasteiger partial charge in [0.1, 0.15) is 5.69 Å². The number of aryl methyl sites for hydroxylation is 2. The summed E-state index contributed by atoms with van der Waals surface area (Å²) >= 11 is 0. The summed E-state index contributed by atoms with van der Waals surface area (Å²) in [6, 6.07) is 1.97. The molecule has 2 heterocycles. The number of rotatable bonds is 2. The first-order valence-electron chi connectivity index (χ1n) is 4.09. The lowest BCUT2D eigenvalue weighted by molar-refractivity contribution is 0.649. The highest BCUT2D eigenvalue weighted by molar-refractivity contribution is 5.01. The monoisotopic (exact) mass is 177 g/mol. The summed E-state index contributed by atoms with van der Waals surface area (Å²) in [6.45, 7) is 2.70. The van der Waals surface area contributed by atoms with E-state index in [-0.39, 0.29) is 0 Å². The lowest BCUT2D eigenvalue weighted by Gasteiger charge is -1.99. The molecule has 0 aliphatic rings. The molecule has 0 saturated heterocycles. The Labute approximate surface area is 76.0 Å². The topological polar surface area (TPSA) is 48.5 Å². The van der Waals surface area contributed by atoms with Crippen LogP contribution in [-0.2, 0) is 13.6 Å². The summed E-state index contributed by atoms with van der Waals surface area (Å²) in [5.74, 6) is 0. The van der Waals surface area contributed by atoms with Gasteiger partial charge < -0.3 is 0 Å². The zero-order valence-corrected chi connectivity index (χ0v) is 7.68. The van der Waals surface area contributed by atoms with Gasteiger partial charge in [-0.2, -0.15) is 5.10 Å². The summed E-state index contributed by atoms with van der Waals surface area (Å²) in [7, 11) is 1.85. The highest BCUT2D eigenvalue weighted by Gasteiger charge is 2.01. The lowest BCUT2D eigenvalue weighted by atomic mass is 10.4. The standard InChI is InChI=1S/C8H11N5/c1-7-3-4-9-13(7)6-8-5-12(2)11-10-8/h3-5H,6H2,1-2H3. The van der Waals surface area contributed by atoms with Crippen molar-refractivity contribution >= 4 is 0 Å². The molecule has 5 nitrogen and oxygen atoms in total. The number of hydrogen-bond donors (Lipinski definition) is 0. The Balaban J connectivity index is 2.19. The first kappa shape index (κ1) is 7.97. The second-order valence-corrected chi connectivity index (χ2v) is 3.01. The van der Waals surface area contributed by atoms with E-state index in [1.54, 1.807) is 10.9 Å². The van der Waals surface area contributed by atoms with Gasteiger partial charge in [0.05, 0.1) is 6.54 Å². The van der Waals surface area contributed by atoms with E-state index in [1.807, 2.05) is 30.9 Å². The van der Waals surface area contributed by atoms with E-state index < -0.39 is 0 Å². The zero-order chi connectivity index (χ0) is 9.26. The van der Waals surface area contributed by atoms with Crippen molar-refractivity contribution in [2.45, 2.75) is 13.5 Å². The molecule has 2 rings (SSSR count). The minimum absolute atomic E-state index is 0.687. The fraction of sp³-hybridized carbons (Fsp3) is 0.375. The second-order valence-electron chi connectivity index (χ2n) is 3.01. The van der Waals surface area contributed by atoms with Gasteiger partial charge in [-0.15, -0.1) is 5.10 Å². The van der Waals surface area contributed by atoms with Crippen LogP contribution in [0.2, 0.25) is 0 Å². The van der Waals surface area contributed by atoms with Crippen molar-refractivity contribution < 1.29 is 0 Å². The van der Waals surface area contributed by atoms with Crippen molar-refractivity contribution in [1.29, 1.82) is 0 Å². The van der Waals surface area contributed by atoms with Gasteiger partial charge in [0.25, 0.3) is 0 Å². The van der Waals surface area contributed by atoms with E-state index in [0.29, 0.717) is 6.54 Å². The van der Waals surface area contributed by atoms with Gasteiger partial charge in [0.15, 0.2) is 0 Å². The summed E-state index contributed by atoms with van der Waals surface area (Å²) in [4.78, 5) is 0. The molecule has 0 atom stereocenters. The van der Waals surface area contributed by atoms with Gasteiger partial charge >= 0.3 is 0 Å². The number of aromatic nitrogens is 5. The Morgan fingerprint density at radius 3 is 2.85 bits per heavy atom. The van der Waals surface area contributed by atoms with Crippen LogP contribution >= 0.6 is 0 Å². The minimum Gasteiger partial charge on any atom is -0.264 e. The SMILES string of the molecule is Cc1ccnn1Cc1cn(C)nn1. The summed E-state index contributed by atoms with van der Waals surface area (Å²) in [5.41, 5.74) is 2.06. The van der Waals surface area contributed by atoms with Crippen LogP contribution in [0.5, 0.6) is 0 Å². The first-order chi connectivity index (χ1) is 6.25. The predicted molar refractivity (Wildman–Crippen MR) is 47.1 cm³/mol. The van der Waals surface area contributed by atoms with Crippen LogP contribution in [0.4, 0.5) is 0 Å². The maximum Gasteiger partial charge on any atom is 0.104 e. The van der Waals surface area contributed by atoms with Gasteiger partial charge in [-0.1, -0.05) is 5.21 Å². The largest absolute Gasteiger partial charge is 0.264 e. The molecular formula is C8H11N5. The fourth-order valence-corrected chi connectivity index (χ4v) is 1.19. The molecule has 0 unspecified atom stereocenters. The van der Waals surface area contributed by atoms with E-state index >= 15 is 0 Å². The zero-order valence-electron chi connectivity index (χ0n) is 7.68. The Bertz CT molecular complexity index is 400. The molecule has 0 fully saturated rings. The highest BCUT2D eigenvalue weighted by atomic mass is 15.4. The van der Waals surface area contributed by atoms with Gasteiger partial charge in [-0.3, -0.25) is 9.36 Å². The van der Waals surface area contributed by atoms with E-state index in [1.165, 1.54) is 0 Å². The molecular weight excluding hydrogens is 166 g/mol. The molecule has 2 aromatic heterocycles. The van der Waals surface area contributed by atoms with Gasteiger partial charge in [-0.05, 0) is 13.0 Å². The van der Waals surface area contributed by atoms with Crippen molar-refractivity contribution in [2.75, 3.05) is 0 Å². The smallest absolute Gasteiger partial charge is 0.104 e. The molecule has 0 radical (unpaired) electrons. The molecule has 0 aromatic carbocycles. The Morgan fingerprint density at radius 2 is 2.31 bits per heavy atom. The fourth-order valence-electron chi connectivity index (χ4n) is 1.19. The third kappa shape index (κ3) is 1.58. The van der Waals surface area contributed by atoms with Crippen LogP contribution in [0.3, 0.4) is 0 Å². The number of nitrogens with zero attached hydrogens (tertiary/aromatic N) is 5. The molecule has 2 aromatic rings. The Hall–Kier alpha value is -1.65. The molecule has 0 bridgehead atoms. The van der Waals surface area contributed by atoms with Crippen LogP contribution < -0.4 is 0 Å². The molecule has 5 heteroatoms. The average molecular weight is 177 g/mol. The summed E-state index contributed by atoms with van der Waals surface area (Å²) < 4.78 is 3.58. The molecule has 68 valence electrons. The predicted octanol–water partition coefficient (Wildman–Crippen LogP) is 0.368. The quantitative estimate of drug-likeness (QED) is 0.665. The van der Waals surface area contributed by atoms with E-state index in [2.05, 4.69) is 15.4 Å². The highest BCUT2D eigenvalue weighted by Crippen LogP contribution is 2.00. The third-order valence-corrected chi connectivity index (χ3v) is 1.89. The van der Waals surface area contributed by atoms with Crippen molar-refractivity contribution in [1.82, 2.24) is 24.8 Å². The van der Waals surface area contributed by atoms with Crippen LogP contribution in [-0.4, -0.2) is 24.8 Å². The Morgan fingerprint density at radius 1 is 1.46 bits per heavy atom. The van der Waals surface area contributed by atoms with Crippen LogP contribution in [0, 0.1) is 6.92 Å². The first-order valence-corrected chi connectivity index (χ1v) is 4.09. The summed E-state index contributed by atoms with van der Waals surface area (Å²) in [5, 5.41) is 12.0. The molecule has 0 saturated carbocycles. The lowest BCUT2D eigenvalue weighted by Crippen LogP contribution is -2.03. The maximum absolute atomic E-state index is 4.16. The second kappa shape index (κ2) is 3.01. The van der Waals surface area contributed by atoms with Gasteiger partial charge in [0, 0.05) is 25.1 Å². The van der Waals surface area contributed by atoms with Gasteiger partial charge in [-0.25, -0.2) is 0 Å². The van der Waals surface area contributed by atoms with Crippen molar-refractivity contribution in [2.24, 2.45) is 7.05 Å². The van der Waals surface area contributed by atoms with E-state index in [4.69, 9.17) is 0 Å². The maximum atomic E-state index is 4.16. The van der Waals surface area contributed by atoms with Crippen LogP contribution in [0.15, 0.2) is 18.5 Å². The molecule has 0 aliphatic carbocycles. The summed E-state index contributed by atoms with van der Waals surface area (Å²) in [6.07, 6.45) is 3.67. The van der Waals surface area contributed by atoms with Crippen LogP contribution in [0.25, 0.3) is 0 Å². The molecule has 0 spiro atoms. The van der Waals surface area contributed by atoms with Crippen LogP contribution in [0.1, 0.15) is 11.4 Å². The Kier molecular flexibility index (Phi) is 1.84. The van der Waals surface area contributed by atoms with Crippen molar-refractivity contribution in [3.63, 3.8) is 0 Å². The molecule has 0 amide bonds. The van der Waals surface area contributed by atoms with E-state index in [9.17, 15) is 0 Å². The van der Waals surface area contributed by atoms with Gasteiger partial charge in [0.2, 0.25) is 0 Å². The number of hydrogen-bond acceptors (Lipinski definition) is 3. The van der Waals surface area contributed by atoms with E-state index in [0.717, 1.165) is 11.4 Å². The molecule has 0 N–H and O–H groups in total. The van der Waals surface area contributed by atoms with Crippen molar-refractivity contribution in [3.8, 4) is 0 Å². The molecule has 0 aliphatic heterocycles. The third-order valence-electron chi connectivity index (χ3n) is 1.89. The van der Waals surface area contributed by atoms with Crippen molar-refractivity contribution in [3.05, 3.63) is 29.8 Å². The minimum atomic E-state index is 0.687. The normalized spacial score (nSPS) is 10.6. The average Bonchev–Trinajstić information content (AvgIpc) is 2.64.